The van der Waals surface area contributed by atoms with E-state index in [1.807, 2.05) is 0 Å². The van der Waals surface area contributed by atoms with Gasteiger partial charge in [0.1, 0.15) is 0 Å². The minimum atomic E-state index is 0.622. The quantitative estimate of drug-likeness (QED) is 0.824. The number of hydrogen-bond donors (Lipinski definition) is 1. The Kier molecular flexibility index (Phi) is 5.73. The molecule has 18 heavy (non-hydrogen) atoms. The summed E-state index contributed by atoms with van der Waals surface area (Å²) in [5, 5.41) is 3.79. The van der Waals surface area contributed by atoms with Gasteiger partial charge in [-0.15, -0.1) is 0 Å². The van der Waals surface area contributed by atoms with Crippen molar-refractivity contribution in [2.24, 2.45) is 0 Å². The molecule has 2 rings (SSSR count). The molecule has 1 aliphatic rings. The van der Waals surface area contributed by atoms with Crippen molar-refractivity contribution >= 4 is 0 Å². The third-order valence-electron chi connectivity index (χ3n) is 4.19. The highest BCUT2D eigenvalue weighted by atomic mass is 14.9. The molecule has 100 valence electrons. The molecule has 1 aromatic rings. The van der Waals surface area contributed by atoms with Gasteiger partial charge in [0, 0.05) is 12.6 Å². The first kappa shape index (κ1) is 13.6. The van der Waals surface area contributed by atoms with E-state index in [9.17, 15) is 0 Å². The highest BCUT2D eigenvalue weighted by Gasteiger charge is 2.12. The maximum Gasteiger partial charge on any atom is 0.00673 e. The van der Waals surface area contributed by atoms with Crippen molar-refractivity contribution in [3.63, 3.8) is 0 Å². The van der Waals surface area contributed by atoms with Gasteiger partial charge in [0.05, 0.1) is 0 Å². The predicted molar refractivity (Wildman–Crippen MR) is 79.0 cm³/mol. The van der Waals surface area contributed by atoms with E-state index in [2.05, 4.69) is 42.6 Å². The van der Waals surface area contributed by atoms with Crippen molar-refractivity contribution in [1.29, 1.82) is 0 Å². The molecule has 1 heteroatoms. The largest absolute Gasteiger partial charge is 0.313 e. The molecular weight excluding hydrogens is 218 g/mol. The molecule has 0 heterocycles. The molecule has 1 aliphatic carbocycles. The van der Waals surface area contributed by atoms with E-state index in [1.54, 1.807) is 0 Å². The normalized spacial score (nSPS) is 20.1. The molecule has 1 atom stereocenters. The molecule has 0 aromatic heterocycles. The molecule has 0 amide bonds. The Labute approximate surface area is 112 Å². The fraction of sp³-hybridized carbons (Fsp3) is 0.647. The second kappa shape index (κ2) is 7.58. The van der Waals surface area contributed by atoms with Gasteiger partial charge in [-0.05, 0) is 24.3 Å². The van der Waals surface area contributed by atoms with Gasteiger partial charge in [0.2, 0.25) is 0 Å². The van der Waals surface area contributed by atoms with Crippen LogP contribution in [0.15, 0.2) is 30.3 Å². The van der Waals surface area contributed by atoms with Crippen molar-refractivity contribution in [3.8, 4) is 0 Å². The maximum absolute atomic E-state index is 3.79. The van der Waals surface area contributed by atoms with Crippen LogP contribution in [0.4, 0.5) is 0 Å². The summed E-state index contributed by atoms with van der Waals surface area (Å²) >= 11 is 0. The van der Waals surface area contributed by atoms with Crippen LogP contribution in [0.5, 0.6) is 0 Å². The van der Waals surface area contributed by atoms with E-state index in [1.165, 1.54) is 50.5 Å². The average molecular weight is 245 g/mol. The van der Waals surface area contributed by atoms with Crippen LogP contribution >= 0.6 is 0 Å². The molecule has 0 unspecified atom stereocenters. The number of nitrogens with one attached hydrogen (secondary N) is 1. The Morgan fingerprint density at radius 3 is 2.28 bits per heavy atom. The van der Waals surface area contributed by atoms with Crippen LogP contribution in [-0.4, -0.2) is 12.6 Å². The topological polar surface area (TPSA) is 12.0 Å². The van der Waals surface area contributed by atoms with E-state index in [0.717, 1.165) is 12.6 Å². The van der Waals surface area contributed by atoms with E-state index in [0.29, 0.717) is 5.92 Å². The lowest BCUT2D eigenvalue weighted by atomic mass is 9.95. The molecule has 1 aromatic carbocycles. The molecule has 0 spiro atoms. The molecule has 0 bridgehead atoms. The van der Waals surface area contributed by atoms with Crippen molar-refractivity contribution in [3.05, 3.63) is 35.9 Å². The molecule has 0 aliphatic heterocycles. The SMILES string of the molecule is C[C@@H](CNC1CCCCCCC1)c1ccccc1. The predicted octanol–water partition coefficient (Wildman–Crippen LogP) is 4.49. The molecular formula is C17H27N. The zero-order valence-electron chi connectivity index (χ0n) is 11.7. The fourth-order valence-electron chi connectivity index (χ4n) is 2.90. The highest BCUT2D eigenvalue weighted by Crippen LogP contribution is 2.19. The lowest BCUT2D eigenvalue weighted by Gasteiger charge is -2.23. The van der Waals surface area contributed by atoms with Gasteiger partial charge < -0.3 is 5.32 Å². The first-order chi connectivity index (χ1) is 8.86. The molecule has 1 nitrogen and oxygen atoms in total. The molecule has 0 saturated heterocycles. The monoisotopic (exact) mass is 245 g/mol. The van der Waals surface area contributed by atoms with Crippen molar-refractivity contribution in [1.82, 2.24) is 5.32 Å². The summed E-state index contributed by atoms with van der Waals surface area (Å²) in [7, 11) is 0. The van der Waals surface area contributed by atoms with Gasteiger partial charge in [-0.2, -0.15) is 0 Å². The van der Waals surface area contributed by atoms with E-state index >= 15 is 0 Å². The minimum Gasteiger partial charge on any atom is -0.313 e. The lowest BCUT2D eigenvalue weighted by molar-refractivity contribution is 0.383. The van der Waals surface area contributed by atoms with Gasteiger partial charge in [0.15, 0.2) is 0 Å². The summed E-state index contributed by atoms with van der Waals surface area (Å²) in [6.45, 7) is 3.44. The lowest BCUT2D eigenvalue weighted by Crippen LogP contribution is -2.32. The van der Waals surface area contributed by atoms with Crippen LogP contribution in [0.1, 0.15) is 63.4 Å². The zero-order chi connectivity index (χ0) is 12.6. The minimum absolute atomic E-state index is 0.622. The first-order valence-corrected chi connectivity index (χ1v) is 7.64. The molecule has 0 radical (unpaired) electrons. The van der Waals surface area contributed by atoms with Crippen LogP contribution in [-0.2, 0) is 0 Å². The van der Waals surface area contributed by atoms with Crippen LogP contribution in [0.3, 0.4) is 0 Å². The van der Waals surface area contributed by atoms with Crippen LogP contribution in [0, 0.1) is 0 Å². The van der Waals surface area contributed by atoms with Gasteiger partial charge in [-0.1, -0.05) is 69.4 Å². The highest BCUT2D eigenvalue weighted by molar-refractivity contribution is 5.18. The molecule has 1 N–H and O–H groups in total. The van der Waals surface area contributed by atoms with Crippen molar-refractivity contribution < 1.29 is 0 Å². The third-order valence-corrected chi connectivity index (χ3v) is 4.19. The summed E-state index contributed by atoms with van der Waals surface area (Å²) in [4.78, 5) is 0. The van der Waals surface area contributed by atoms with E-state index in [4.69, 9.17) is 0 Å². The summed E-state index contributed by atoms with van der Waals surface area (Å²) < 4.78 is 0. The summed E-state index contributed by atoms with van der Waals surface area (Å²) in [5.41, 5.74) is 1.45. The number of benzene rings is 1. The zero-order valence-corrected chi connectivity index (χ0v) is 11.7. The van der Waals surface area contributed by atoms with Crippen LogP contribution in [0.25, 0.3) is 0 Å². The Hall–Kier alpha value is -0.820. The van der Waals surface area contributed by atoms with Gasteiger partial charge in [-0.25, -0.2) is 0 Å². The summed E-state index contributed by atoms with van der Waals surface area (Å²) in [6, 6.07) is 11.6. The smallest absolute Gasteiger partial charge is 0.00673 e. The second-order valence-electron chi connectivity index (χ2n) is 5.76. The van der Waals surface area contributed by atoms with Gasteiger partial charge in [-0.3, -0.25) is 0 Å². The summed E-state index contributed by atoms with van der Waals surface area (Å²) in [6.07, 6.45) is 9.91. The van der Waals surface area contributed by atoms with E-state index < -0.39 is 0 Å². The molecule has 1 fully saturated rings. The summed E-state index contributed by atoms with van der Waals surface area (Å²) in [5.74, 6) is 0.622. The third kappa shape index (κ3) is 4.45. The van der Waals surface area contributed by atoms with Crippen molar-refractivity contribution in [2.45, 2.75) is 63.8 Å². The number of hydrogen-bond acceptors (Lipinski definition) is 1. The van der Waals surface area contributed by atoms with Crippen LogP contribution < -0.4 is 5.32 Å². The molecule has 1 saturated carbocycles. The van der Waals surface area contributed by atoms with Crippen molar-refractivity contribution in [2.75, 3.05) is 6.54 Å². The Morgan fingerprint density at radius 2 is 1.61 bits per heavy atom. The Bertz CT molecular complexity index is 312. The Balaban J connectivity index is 1.76. The van der Waals surface area contributed by atoms with Gasteiger partial charge in [0.25, 0.3) is 0 Å². The number of rotatable bonds is 4. The first-order valence-electron chi connectivity index (χ1n) is 7.64. The standard InChI is InChI=1S/C17H27N/c1-15(16-10-6-5-7-11-16)14-18-17-12-8-3-2-4-9-13-17/h5-7,10-11,15,17-18H,2-4,8-9,12-14H2,1H3/t15-/m0/s1. The van der Waals surface area contributed by atoms with Crippen LogP contribution in [0.2, 0.25) is 0 Å². The average Bonchev–Trinajstić information content (AvgIpc) is 2.38. The Morgan fingerprint density at radius 1 is 1.00 bits per heavy atom. The fourth-order valence-corrected chi connectivity index (χ4v) is 2.90. The second-order valence-corrected chi connectivity index (χ2v) is 5.76. The maximum atomic E-state index is 3.79. The van der Waals surface area contributed by atoms with E-state index in [-0.39, 0.29) is 0 Å². The van der Waals surface area contributed by atoms with Gasteiger partial charge >= 0.3 is 0 Å².